The maximum atomic E-state index is 13.3. The highest BCUT2D eigenvalue weighted by atomic mass is 79.9. The van der Waals surface area contributed by atoms with Crippen LogP contribution in [0.15, 0.2) is 16.6 Å². The molecule has 2 aliphatic rings. The van der Waals surface area contributed by atoms with Gasteiger partial charge in [-0.15, -0.1) is 0 Å². The lowest BCUT2D eigenvalue weighted by molar-refractivity contribution is -0.126. The first-order chi connectivity index (χ1) is 12.6. The van der Waals surface area contributed by atoms with Crippen molar-refractivity contribution in [3.63, 3.8) is 0 Å². The Morgan fingerprint density at radius 1 is 1.26 bits per heavy atom. The van der Waals surface area contributed by atoms with Crippen LogP contribution in [0, 0.1) is 0 Å². The Labute approximate surface area is 166 Å². The van der Waals surface area contributed by atoms with Crippen molar-refractivity contribution in [1.29, 1.82) is 0 Å². The molecule has 0 saturated heterocycles. The van der Waals surface area contributed by atoms with Gasteiger partial charge in [-0.1, -0.05) is 15.9 Å². The Kier molecular flexibility index (Phi) is 5.20. The van der Waals surface area contributed by atoms with Gasteiger partial charge in [-0.05, 0) is 56.9 Å². The molecule has 0 radical (unpaired) electrons. The average Bonchev–Trinajstić information content (AvgIpc) is 2.88. The van der Waals surface area contributed by atoms with E-state index in [-0.39, 0.29) is 11.8 Å². The SMILES string of the molecule is CNC(=O)[C@@H]1Cc2cc(Br)cc3c2N1C(=O)[C@@H](NC(=O)OC(C)(C)C)CC3. The molecule has 0 aliphatic carbocycles. The van der Waals surface area contributed by atoms with Crippen LogP contribution in [0.3, 0.4) is 0 Å². The zero-order valence-corrected chi connectivity index (χ0v) is 17.5. The largest absolute Gasteiger partial charge is 0.444 e. The van der Waals surface area contributed by atoms with E-state index in [1.54, 1.807) is 32.7 Å². The number of likely N-dealkylation sites (N-methyl/N-ethyl adjacent to an activating group) is 1. The molecule has 3 amide bonds. The first-order valence-corrected chi connectivity index (χ1v) is 9.75. The summed E-state index contributed by atoms with van der Waals surface area (Å²) in [6, 6.07) is 2.56. The van der Waals surface area contributed by atoms with Gasteiger partial charge in [0.05, 0.1) is 5.69 Å². The number of nitrogens with one attached hydrogen (secondary N) is 2. The second kappa shape index (κ2) is 7.14. The topological polar surface area (TPSA) is 87.7 Å². The molecule has 0 spiro atoms. The molecule has 8 heteroatoms. The summed E-state index contributed by atoms with van der Waals surface area (Å²) in [5, 5.41) is 5.32. The average molecular weight is 438 g/mol. The minimum absolute atomic E-state index is 0.223. The molecule has 0 saturated carbocycles. The molecule has 27 heavy (non-hydrogen) atoms. The smallest absolute Gasteiger partial charge is 0.408 e. The van der Waals surface area contributed by atoms with Crippen molar-refractivity contribution in [3.05, 3.63) is 27.7 Å². The lowest BCUT2D eigenvalue weighted by Crippen LogP contribution is -2.54. The second-order valence-corrected chi connectivity index (χ2v) is 8.77. The lowest BCUT2D eigenvalue weighted by atomic mass is 10.0. The van der Waals surface area contributed by atoms with Crippen LogP contribution in [0.5, 0.6) is 0 Å². The number of benzene rings is 1. The predicted molar refractivity (Wildman–Crippen MR) is 105 cm³/mol. The van der Waals surface area contributed by atoms with Gasteiger partial charge in [0.2, 0.25) is 11.8 Å². The van der Waals surface area contributed by atoms with Crippen molar-refractivity contribution in [1.82, 2.24) is 10.6 Å². The summed E-state index contributed by atoms with van der Waals surface area (Å²) in [6.45, 7) is 5.30. The molecule has 0 fully saturated rings. The summed E-state index contributed by atoms with van der Waals surface area (Å²) in [5.74, 6) is -0.506. The van der Waals surface area contributed by atoms with Crippen LogP contribution < -0.4 is 15.5 Å². The molecule has 3 rings (SSSR count). The van der Waals surface area contributed by atoms with Gasteiger partial charge in [0, 0.05) is 17.9 Å². The zero-order valence-electron chi connectivity index (χ0n) is 15.9. The number of alkyl carbamates (subject to hydrolysis) is 1. The number of hydrogen-bond donors (Lipinski definition) is 2. The van der Waals surface area contributed by atoms with Crippen LogP contribution in [0.2, 0.25) is 0 Å². The number of aryl methyl sites for hydroxylation is 1. The third kappa shape index (κ3) is 3.95. The molecular formula is C19H24BrN3O4. The normalized spacial score (nSPS) is 21.4. The molecular weight excluding hydrogens is 414 g/mol. The first kappa shape index (κ1) is 19.7. The summed E-state index contributed by atoms with van der Waals surface area (Å²) < 4.78 is 6.21. The highest BCUT2D eigenvalue weighted by molar-refractivity contribution is 9.10. The Morgan fingerprint density at radius 3 is 2.56 bits per heavy atom. The number of hydrogen-bond acceptors (Lipinski definition) is 4. The molecule has 2 N–H and O–H groups in total. The third-order valence-corrected chi connectivity index (χ3v) is 5.13. The van der Waals surface area contributed by atoms with Crippen LogP contribution in [0.25, 0.3) is 0 Å². The third-order valence-electron chi connectivity index (χ3n) is 4.68. The van der Waals surface area contributed by atoms with Crippen molar-refractivity contribution in [2.45, 2.75) is 57.7 Å². The van der Waals surface area contributed by atoms with Crippen molar-refractivity contribution in [2.24, 2.45) is 0 Å². The number of amides is 3. The summed E-state index contributed by atoms with van der Waals surface area (Å²) >= 11 is 3.51. The molecule has 1 aromatic rings. The van der Waals surface area contributed by atoms with E-state index in [0.717, 1.165) is 21.3 Å². The van der Waals surface area contributed by atoms with E-state index in [1.807, 2.05) is 12.1 Å². The first-order valence-electron chi connectivity index (χ1n) is 8.96. The Hall–Kier alpha value is -2.09. The van der Waals surface area contributed by atoms with Gasteiger partial charge in [-0.3, -0.25) is 14.5 Å². The number of ether oxygens (including phenoxy) is 1. The predicted octanol–water partition coefficient (Wildman–Crippen LogP) is 2.29. The maximum Gasteiger partial charge on any atom is 0.408 e. The van der Waals surface area contributed by atoms with Gasteiger partial charge in [-0.2, -0.15) is 0 Å². The highest BCUT2D eigenvalue weighted by Gasteiger charge is 2.44. The summed E-state index contributed by atoms with van der Waals surface area (Å²) in [7, 11) is 1.56. The van der Waals surface area contributed by atoms with Crippen molar-refractivity contribution >= 4 is 39.5 Å². The quantitative estimate of drug-likeness (QED) is 0.742. The minimum atomic E-state index is -0.746. The van der Waals surface area contributed by atoms with E-state index in [9.17, 15) is 14.4 Å². The minimum Gasteiger partial charge on any atom is -0.444 e. The molecule has 1 aromatic carbocycles. The summed E-state index contributed by atoms with van der Waals surface area (Å²) in [4.78, 5) is 39.4. The van der Waals surface area contributed by atoms with Gasteiger partial charge in [-0.25, -0.2) is 4.79 Å². The molecule has 146 valence electrons. The van der Waals surface area contributed by atoms with Crippen LogP contribution >= 0.6 is 15.9 Å². The van der Waals surface area contributed by atoms with Gasteiger partial charge in [0.25, 0.3) is 0 Å². The monoisotopic (exact) mass is 437 g/mol. The van der Waals surface area contributed by atoms with E-state index in [0.29, 0.717) is 19.3 Å². The van der Waals surface area contributed by atoms with Crippen molar-refractivity contribution in [3.8, 4) is 0 Å². The number of anilines is 1. The number of carbonyl (C=O) groups is 3. The van der Waals surface area contributed by atoms with Gasteiger partial charge in [0.15, 0.2) is 0 Å². The van der Waals surface area contributed by atoms with Gasteiger partial charge < -0.3 is 15.4 Å². The van der Waals surface area contributed by atoms with Crippen LogP contribution in [-0.4, -0.2) is 42.6 Å². The standard InChI is InChI=1S/C19H24BrN3O4/c1-19(2,3)27-18(26)22-13-6-5-10-7-12(20)8-11-9-14(16(24)21-4)23(15(10)11)17(13)25/h7-8,13-14H,5-6,9H2,1-4H3,(H,21,24)(H,22,26)/t13-,14-/m0/s1. The molecule has 0 unspecified atom stereocenters. The second-order valence-electron chi connectivity index (χ2n) is 7.85. The van der Waals surface area contributed by atoms with Gasteiger partial charge in [0.1, 0.15) is 17.7 Å². The Morgan fingerprint density at radius 2 is 1.93 bits per heavy atom. The molecule has 2 aliphatic heterocycles. The number of rotatable bonds is 2. The number of nitrogens with zero attached hydrogens (tertiary/aromatic N) is 1. The number of carbonyl (C=O) groups excluding carboxylic acids is 3. The molecule has 7 nitrogen and oxygen atoms in total. The van der Waals surface area contributed by atoms with Gasteiger partial charge >= 0.3 is 6.09 Å². The Balaban J connectivity index is 1.93. The summed E-state index contributed by atoms with van der Waals surface area (Å²) in [5.41, 5.74) is 2.09. The fourth-order valence-corrected chi connectivity index (χ4v) is 4.20. The number of halogens is 1. The Bertz CT molecular complexity index is 803. The fraction of sp³-hybridized carbons (Fsp3) is 0.526. The molecule has 0 bridgehead atoms. The molecule has 2 heterocycles. The van der Waals surface area contributed by atoms with Crippen LogP contribution in [0.4, 0.5) is 10.5 Å². The van der Waals surface area contributed by atoms with Crippen LogP contribution in [-0.2, 0) is 27.2 Å². The molecule has 2 atom stereocenters. The van der Waals surface area contributed by atoms with Crippen molar-refractivity contribution < 1.29 is 19.1 Å². The zero-order chi connectivity index (χ0) is 19.9. The van der Waals surface area contributed by atoms with Crippen LogP contribution in [0.1, 0.15) is 38.3 Å². The van der Waals surface area contributed by atoms with E-state index in [2.05, 4.69) is 26.6 Å². The highest BCUT2D eigenvalue weighted by Crippen LogP contribution is 2.41. The summed E-state index contributed by atoms with van der Waals surface area (Å²) in [6.07, 6.45) is 0.874. The molecule has 0 aromatic heterocycles. The fourth-order valence-electron chi connectivity index (χ4n) is 3.64. The van der Waals surface area contributed by atoms with E-state index in [1.165, 1.54) is 0 Å². The maximum absolute atomic E-state index is 13.3. The van der Waals surface area contributed by atoms with E-state index < -0.39 is 23.8 Å². The van der Waals surface area contributed by atoms with E-state index in [4.69, 9.17) is 4.74 Å². The lowest BCUT2D eigenvalue weighted by Gasteiger charge is -2.28. The van der Waals surface area contributed by atoms with Crippen molar-refractivity contribution in [2.75, 3.05) is 11.9 Å². The van der Waals surface area contributed by atoms with E-state index >= 15 is 0 Å².